The summed E-state index contributed by atoms with van der Waals surface area (Å²) in [6.45, 7) is 0. The second-order valence-corrected chi connectivity index (χ2v) is 2.19. The molecule has 0 aliphatic carbocycles. The van der Waals surface area contributed by atoms with Crippen LogP contribution in [-0.4, -0.2) is 6.18 Å². The van der Waals surface area contributed by atoms with Gasteiger partial charge in [-0.1, -0.05) is 24.3 Å². The molecule has 0 bridgehead atoms. The minimum Gasteiger partial charge on any atom is -0.167 e. The van der Waals surface area contributed by atoms with E-state index >= 15 is 0 Å². The van der Waals surface area contributed by atoms with Gasteiger partial charge in [-0.05, 0) is 17.7 Å². The van der Waals surface area contributed by atoms with Gasteiger partial charge in [0.15, 0.2) is 0 Å². The maximum atomic E-state index is 11.6. The molecule has 0 nitrogen and oxygen atoms in total. The van der Waals surface area contributed by atoms with Gasteiger partial charge in [0, 0.05) is 6.08 Å². The van der Waals surface area contributed by atoms with Crippen LogP contribution in [-0.2, 0) is 0 Å². The van der Waals surface area contributed by atoms with Crippen molar-refractivity contribution in [3.63, 3.8) is 0 Å². The summed E-state index contributed by atoms with van der Waals surface area (Å²) in [4.78, 5) is 0. The van der Waals surface area contributed by atoms with Gasteiger partial charge in [-0.2, -0.15) is 13.2 Å². The molecule has 1 aromatic rings. The van der Waals surface area contributed by atoms with Crippen molar-refractivity contribution in [2.45, 2.75) is 6.18 Å². The monoisotopic (exact) mass is 171 g/mol. The van der Waals surface area contributed by atoms with Crippen LogP contribution in [0.3, 0.4) is 0 Å². The zero-order valence-electron chi connectivity index (χ0n) is 6.10. The van der Waals surface area contributed by atoms with Gasteiger partial charge in [0.2, 0.25) is 0 Å². The minimum atomic E-state index is -4.25. The van der Waals surface area contributed by atoms with Crippen molar-refractivity contribution >= 4 is 6.08 Å². The molecule has 1 radical (unpaired) electrons. The van der Waals surface area contributed by atoms with Crippen LogP contribution in [0.4, 0.5) is 13.2 Å². The average molecular weight is 171 g/mol. The van der Waals surface area contributed by atoms with Gasteiger partial charge in [-0.25, -0.2) is 0 Å². The lowest BCUT2D eigenvalue weighted by Gasteiger charge is -1.96. The van der Waals surface area contributed by atoms with E-state index in [0.29, 0.717) is 5.56 Å². The van der Waals surface area contributed by atoms with Crippen molar-refractivity contribution in [1.82, 2.24) is 0 Å². The first-order valence-electron chi connectivity index (χ1n) is 3.30. The molecule has 0 heterocycles. The Morgan fingerprint density at radius 3 is 2.50 bits per heavy atom. The van der Waals surface area contributed by atoms with Gasteiger partial charge in [0.25, 0.3) is 0 Å². The smallest absolute Gasteiger partial charge is 0.167 e. The maximum Gasteiger partial charge on any atom is 0.409 e. The number of hydrogen-bond donors (Lipinski definition) is 0. The molecule has 0 saturated heterocycles. The molecule has 0 aromatic heterocycles. The Morgan fingerprint density at radius 2 is 2.00 bits per heavy atom. The highest BCUT2D eigenvalue weighted by molar-refractivity contribution is 5.48. The van der Waals surface area contributed by atoms with Crippen LogP contribution in [0.1, 0.15) is 5.56 Å². The van der Waals surface area contributed by atoms with Crippen molar-refractivity contribution in [3.8, 4) is 0 Å². The summed E-state index contributed by atoms with van der Waals surface area (Å²) in [5.41, 5.74) is 0.426. The fraction of sp³-hybridized carbons (Fsp3) is 0.111. The van der Waals surface area contributed by atoms with E-state index in [4.69, 9.17) is 0 Å². The van der Waals surface area contributed by atoms with Crippen LogP contribution in [0.25, 0.3) is 6.08 Å². The van der Waals surface area contributed by atoms with E-state index in [1.807, 2.05) is 0 Å². The summed E-state index contributed by atoms with van der Waals surface area (Å²) in [5.74, 6) is 0. The van der Waals surface area contributed by atoms with Gasteiger partial charge in [-0.15, -0.1) is 0 Å². The molecule has 1 rings (SSSR count). The van der Waals surface area contributed by atoms with E-state index < -0.39 is 6.18 Å². The molecule has 0 N–H and O–H groups in total. The van der Waals surface area contributed by atoms with Crippen LogP contribution in [0.5, 0.6) is 0 Å². The first-order chi connectivity index (χ1) is 5.58. The summed E-state index contributed by atoms with van der Waals surface area (Å²) in [6, 6.07) is 9.14. The highest BCUT2D eigenvalue weighted by atomic mass is 19.4. The molecule has 0 aliphatic heterocycles. The molecule has 3 heteroatoms. The van der Waals surface area contributed by atoms with Crippen molar-refractivity contribution < 1.29 is 13.2 Å². The van der Waals surface area contributed by atoms with Gasteiger partial charge in [-0.3, -0.25) is 0 Å². The van der Waals surface area contributed by atoms with Crippen molar-refractivity contribution in [1.29, 1.82) is 0 Å². The standard InChI is InChI=1S/C9H6F3/c10-9(11,12)7-6-8-4-2-1-3-5-8/h1-4,6-7H/b7-6+. The molecule has 63 valence electrons. The summed E-state index contributed by atoms with van der Waals surface area (Å²) in [5, 5.41) is 0. The second kappa shape index (κ2) is 3.43. The quantitative estimate of drug-likeness (QED) is 0.609. The zero-order valence-corrected chi connectivity index (χ0v) is 6.10. The molecule has 0 unspecified atom stereocenters. The van der Waals surface area contributed by atoms with Crippen LogP contribution in [0.15, 0.2) is 30.3 Å². The molecule has 0 spiro atoms. The highest BCUT2D eigenvalue weighted by Gasteiger charge is 2.21. The van der Waals surface area contributed by atoms with Gasteiger partial charge in [0.05, 0.1) is 0 Å². The van der Waals surface area contributed by atoms with Gasteiger partial charge >= 0.3 is 6.18 Å². The molecule has 0 atom stereocenters. The number of alkyl halides is 3. The van der Waals surface area contributed by atoms with Crippen LogP contribution in [0, 0.1) is 6.07 Å². The lowest BCUT2D eigenvalue weighted by atomic mass is 10.2. The first-order valence-corrected chi connectivity index (χ1v) is 3.30. The normalized spacial score (nSPS) is 12.2. The average Bonchev–Trinajstić information content (AvgIpc) is 2.02. The Balaban J connectivity index is 2.71. The SMILES string of the molecule is FC(F)(F)/C=C/c1[c]cccc1. The molecule has 0 aliphatic rings. The number of allylic oxidation sites excluding steroid dienone is 1. The lowest BCUT2D eigenvalue weighted by molar-refractivity contribution is -0.0790. The fourth-order valence-corrected chi connectivity index (χ4v) is 0.695. The third-order valence-corrected chi connectivity index (χ3v) is 1.18. The number of hydrogen-bond acceptors (Lipinski definition) is 0. The van der Waals surface area contributed by atoms with E-state index in [-0.39, 0.29) is 6.08 Å². The van der Waals surface area contributed by atoms with Crippen molar-refractivity contribution in [3.05, 3.63) is 42.0 Å². The molecule has 0 saturated carbocycles. The largest absolute Gasteiger partial charge is 0.409 e. The Labute approximate surface area is 68.3 Å². The van der Waals surface area contributed by atoms with Gasteiger partial charge < -0.3 is 0 Å². The number of rotatable bonds is 1. The van der Waals surface area contributed by atoms with Crippen LogP contribution < -0.4 is 0 Å². The summed E-state index contributed by atoms with van der Waals surface area (Å²) in [6.07, 6.45) is -3.07. The minimum absolute atomic E-state index is 0.193. The number of halogens is 3. The third-order valence-electron chi connectivity index (χ3n) is 1.18. The summed E-state index contributed by atoms with van der Waals surface area (Å²) in [7, 11) is 0. The van der Waals surface area contributed by atoms with E-state index in [0.717, 1.165) is 6.08 Å². The Kier molecular flexibility index (Phi) is 2.53. The van der Waals surface area contributed by atoms with Gasteiger partial charge in [0.1, 0.15) is 0 Å². The predicted octanol–water partition coefficient (Wildman–Crippen LogP) is 3.06. The predicted molar refractivity (Wildman–Crippen MR) is 40.4 cm³/mol. The van der Waals surface area contributed by atoms with E-state index in [2.05, 4.69) is 6.07 Å². The lowest BCUT2D eigenvalue weighted by Crippen LogP contribution is -1.99. The maximum absolute atomic E-state index is 11.6. The Bertz CT molecular complexity index is 259. The molecule has 1 aromatic carbocycles. The Hall–Kier alpha value is -1.25. The zero-order chi connectivity index (χ0) is 9.03. The number of benzene rings is 1. The fourth-order valence-electron chi connectivity index (χ4n) is 0.695. The second-order valence-electron chi connectivity index (χ2n) is 2.19. The highest BCUT2D eigenvalue weighted by Crippen LogP contribution is 2.17. The molecule has 0 amide bonds. The summed E-state index contributed by atoms with van der Waals surface area (Å²) >= 11 is 0. The Morgan fingerprint density at radius 1 is 1.25 bits per heavy atom. The topological polar surface area (TPSA) is 0 Å². The third kappa shape index (κ3) is 3.23. The molecular weight excluding hydrogens is 165 g/mol. The van der Waals surface area contributed by atoms with E-state index in [9.17, 15) is 13.2 Å². The molecular formula is C9H6F3. The van der Waals surface area contributed by atoms with E-state index in [1.54, 1.807) is 24.3 Å². The summed E-state index contributed by atoms with van der Waals surface area (Å²) < 4.78 is 34.9. The van der Waals surface area contributed by atoms with Crippen LogP contribution in [0.2, 0.25) is 0 Å². The molecule has 0 fully saturated rings. The first kappa shape index (κ1) is 8.84. The van der Waals surface area contributed by atoms with Crippen molar-refractivity contribution in [2.75, 3.05) is 0 Å². The molecule has 12 heavy (non-hydrogen) atoms. The van der Waals surface area contributed by atoms with Crippen LogP contribution >= 0.6 is 0 Å². The van der Waals surface area contributed by atoms with Crippen molar-refractivity contribution in [2.24, 2.45) is 0 Å². The van der Waals surface area contributed by atoms with E-state index in [1.165, 1.54) is 0 Å².